The molecule has 0 aliphatic carbocycles. The molecule has 14 heteroatoms. The van der Waals surface area contributed by atoms with Crippen LogP contribution in [0.4, 0.5) is 0 Å². The Balaban J connectivity index is 5.21. The van der Waals surface area contributed by atoms with Gasteiger partial charge in [-0.15, -0.1) is 0 Å². The van der Waals surface area contributed by atoms with Crippen LogP contribution in [0.5, 0.6) is 0 Å². The van der Waals surface area contributed by atoms with Crippen molar-refractivity contribution in [2.75, 3.05) is 21.3 Å². The molecule has 172 valence electrons. The van der Waals surface area contributed by atoms with Gasteiger partial charge < -0.3 is 34.2 Å². The molecule has 0 spiro atoms. The van der Waals surface area contributed by atoms with Crippen LogP contribution in [-0.4, -0.2) is 70.6 Å². The fourth-order valence-electron chi connectivity index (χ4n) is 2.85. The molecule has 0 aromatic heterocycles. The van der Waals surface area contributed by atoms with Crippen LogP contribution in [0.25, 0.3) is 0 Å². The molecule has 0 aromatic rings. The number of carbonyl (C=O) groups excluding carboxylic acids is 1. The molecule has 0 aliphatic rings. The first kappa shape index (κ1) is 29.0. The molecular weight excluding hydrogens is 465 g/mol. The topological polar surface area (TPSA) is 90.9 Å². The summed E-state index contributed by atoms with van der Waals surface area (Å²) < 4.78 is 46.5. The van der Waals surface area contributed by atoms with Crippen molar-refractivity contribution in [1.29, 1.82) is 0 Å². The Morgan fingerprint density at radius 1 is 0.621 bits per heavy atom. The van der Waals surface area contributed by atoms with Crippen LogP contribution >= 0.6 is 0 Å². The molecule has 0 saturated heterocycles. The van der Waals surface area contributed by atoms with Gasteiger partial charge in [-0.25, -0.2) is 4.79 Å². The van der Waals surface area contributed by atoms with Crippen molar-refractivity contribution in [3.8, 4) is 0 Å². The molecular formula is C15H38O9Si5. The van der Waals surface area contributed by atoms with Crippen molar-refractivity contribution in [3.05, 3.63) is 12.2 Å². The lowest BCUT2D eigenvalue weighted by atomic mass is 10.4. The third-order valence-corrected chi connectivity index (χ3v) is 20.2. The second kappa shape index (κ2) is 10.6. The van der Waals surface area contributed by atoms with Crippen molar-refractivity contribution in [1.82, 2.24) is 0 Å². The first-order valence-electron chi connectivity index (χ1n) is 9.19. The van der Waals surface area contributed by atoms with E-state index in [2.05, 4.69) is 6.58 Å². The third kappa shape index (κ3) is 10.7. The Morgan fingerprint density at radius 2 is 0.931 bits per heavy atom. The summed E-state index contributed by atoms with van der Waals surface area (Å²) in [6, 6.07) is 0. The molecule has 0 amide bonds. The van der Waals surface area contributed by atoms with Crippen LogP contribution < -0.4 is 0 Å². The predicted molar refractivity (Wildman–Crippen MR) is 122 cm³/mol. The lowest BCUT2D eigenvalue weighted by molar-refractivity contribution is -0.131. The van der Waals surface area contributed by atoms with E-state index in [9.17, 15) is 4.79 Å². The van der Waals surface area contributed by atoms with Crippen LogP contribution in [0.3, 0.4) is 0 Å². The molecule has 0 saturated carbocycles. The minimum Gasteiger partial charge on any atom is -0.492 e. The van der Waals surface area contributed by atoms with Gasteiger partial charge in [0.25, 0.3) is 0 Å². The lowest BCUT2D eigenvalue weighted by Crippen LogP contribution is -2.61. The van der Waals surface area contributed by atoms with Gasteiger partial charge in [0.05, 0.1) is 0 Å². The Labute approximate surface area is 181 Å². The van der Waals surface area contributed by atoms with Gasteiger partial charge in [0.1, 0.15) is 0 Å². The second-order valence-corrected chi connectivity index (χ2v) is 25.2. The molecule has 0 atom stereocenters. The highest BCUT2D eigenvalue weighted by Crippen LogP contribution is 2.26. The zero-order valence-corrected chi connectivity index (χ0v) is 24.9. The Kier molecular flexibility index (Phi) is 10.6. The molecule has 9 nitrogen and oxygen atoms in total. The quantitative estimate of drug-likeness (QED) is 0.278. The normalized spacial score (nSPS) is 14.1. The number of hydrogen-bond donors (Lipinski definition) is 0. The highest BCUT2D eigenvalue weighted by Gasteiger charge is 2.52. The molecule has 0 N–H and O–H groups in total. The van der Waals surface area contributed by atoms with E-state index in [1.807, 2.05) is 39.3 Å². The van der Waals surface area contributed by atoms with Crippen LogP contribution in [-0.2, 0) is 39.0 Å². The van der Waals surface area contributed by atoms with E-state index < -0.39 is 49.3 Å². The van der Waals surface area contributed by atoms with Gasteiger partial charge >= 0.3 is 49.3 Å². The van der Waals surface area contributed by atoms with Gasteiger partial charge in [-0.2, -0.15) is 0 Å². The summed E-state index contributed by atoms with van der Waals surface area (Å²) in [5.41, 5.74) is 0.333. The fourth-order valence-corrected chi connectivity index (χ4v) is 23.4. The maximum absolute atomic E-state index is 11.9. The van der Waals surface area contributed by atoms with E-state index in [0.717, 1.165) is 0 Å². The highest BCUT2D eigenvalue weighted by molar-refractivity contribution is 6.88. The lowest BCUT2D eigenvalue weighted by Gasteiger charge is -2.41. The van der Waals surface area contributed by atoms with Crippen molar-refractivity contribution in [2.24, 2.45) is 0 Å². The molecule has 0 bridgehead atoms. The first-order chi connectivity index (χ1) is 12.8. The summed E-state index contributed by atoms with van der Waals surface area (Å²) >= 11 is 0. The average Bonchev–Trinajstić information content (AvgIpc) is 2.48. The van der Waals surface area contributed by atoms with Gasteiger partial charge in [0.2, 0.25) is 0 Å². The maximum atomic E-state index is 11.9. The van der Waals surface area contributed by atoms with Gasteiger partial charge in [0.15, 0.2) is 0 Å². The third-order valence-electron chi connectivity index (χ3n) is 3.28. The van der Waals surface area contributed by atoms with E-state index in [0.29, 0.717) is 5.57 Å². The maximum Gasteiger partial charge on any atom is 0.669 e. The standard InChI is InChI=1S/C15H38O9Si5/c1-14(2)15(16)20-25(6,7)21-26(8,9)22-27(10,11)23-28(12,13)24-29(17-3,18-4)19-5/h1H2,2-13H3. The largest absolute Gasteiger partial charge is 0.669 e. The van der Waals surface area contributed by atoms with Crippen LogP contribution in [0.1, 0.15) is 6.92 Å². The molecule has 0 aromatic carbocycles. The molecule has 0 rings (SSSR count). The molecule has 0 aliphatic heterocycles. The molecule has 29 heavy (non-hydrogen) atoms. The summed E-state index contributed by atoms with van der Waals surface area (Å²) in [6.45, 7) is 20.2. The molecule has 0 fully saturated rings. The minimum atomic E-state index is -3.25. The van der Waals surface area contributed by atoms with Gasteiger partial charge in [-0.3, -0.25) is 0 Å². The summed E-state index contributed by atoms with van der Waals surface area (Å²) in [4.78, 5) is 11.9. The summed E-state index contributed by atoms with van der Waals surface area (Å²) in [6.07, 6.45) is 0. The molecule has 0 radical (unpaired) electrons. The Hall–Kier alpha value is 0.0144. The monoisotopic (exact) mass is 502 g/mol. The van der Waals surface area contributed by atoms with E-state index >= 15 is 0 Å². The van der Waals surface area contributed by atoms with Crippen molar-refractivity contribution < 1.29 is 39.0 Å². The summed E-state index contributed by atoms with van der Waals surface area (Å²) in [5, 5.41) is 0. The Morgan fingerprint density at radius 3 is 1.24 bits per heavy atom. The zero-order valence-electron chi connectivity index (χ0n) is 19.9. The summed E-state index contributed by atoms with van der Waals surface area (Å²) in [7, 11) is -9.68. The number of carbonyl (C=O) groups is 1. The van der Waals surface area contributed by atoms with Crippen LogP contribution in [0, 0.1) is 0 Å². The van der Waals surface area contributed by atoms with Crippen molar-refractivity contribution in [3.63, 3.8) is 0 Å². The predicted octanol–water partition coefficient (Wildman–Crippen LogP) is 3.35. The van der Waals surface area contributed by atoms with E-state index in [1.165, 1.54) is 21.3 Å². The molecule has 0 heterocycles. The minimum absolute atomic E-state index is 0.333. The fraction of sp³-hybridized carbons (Fsp3) is 0.800. The Bertz CT molecular complexity index is 568. The van der Waals surface area contributed by atoms with Gasteiger partial charge in [0, 0.05) is 26.9 Å². The van der Waals surface area contributed by atoms with Crippen molar-refractivity contribution in [2.45, 2.75) is 59.3 Å². The van der Waals surface area contributed by atoms with Crippen molar-refractivity contribution >= 4 is 49.3 Å². The first-order valence-corrected chi connectivity index (χ1v) is 22.1. The highest BCUT2D eigenvalue weighted by atomic mass is 28.5. The zero-order chi connectivity index (χ0) is 23.3. The summed E-state index contributed by atoms with van der Waals surface area (Å²) in [5.74, 6) is -0.457. The van der Waals surface area contributed by atoms with E-state index in [4.69, 9.17) is 34.2 Å². The van der Waals surface area contributed by atoms with E-state index in [-0.39, 0.29) is 0 Å². The average molecular weight is 503 g/mol. The second-order valence-electron chi connectivity index (χ2n) is 8.29. The van der Waals surface area contributed by atoms with E-state index in [1.54, 1.807) is 20.0 Å². The van der Waals surface area contributed by atoms with Gasteiger partial charge in [-0.05, 0) is 59.3 Å². The van der Waals surface area contributed by atoms with Gasteiger partial charge in [-0.1, -0.05) is 6.58 Å². The smallest absolute Gasteiger partial charge is 0.492 e. The number of rotatable bonds is 13. The van der Waals surface area contributed by atoms with Crippen LogP contribution in [0.2, 0.25) is 52.4 Å². The SMILES string of the molecule is C=C(C)C(=O)O[Si](C)(C)O[Si](C)(C)O[Si](C)(C)O[Si](C)(C)O[Si](OC)(OC)OC. The number of hydrogen-bond acceptors (Lipinski definition) is 9. The molecule has 0 unspecified atom stereocenters. The van der Waals surface area contributed by atoms with Crippen LogP contribution in [0.15, 0.2) is 12.2 Å².